The monoisotopic (exact) mass is 531 g/mol. The fourth-order valence-corrected chi connectivity index (χ4v) is 4.79. The first-order valence-electron chi connectivity index (χ1n) is 13.5. The van der Waals surface area contributed by atoms with Crippen LogP contribution in [0.4, 0.5) is 0 Å². The standard InChI is InChI=1S/C36H25N3O2/c1-4-11-25(12-5-1)24-40-36-39-33-22-29(19-20-34(33)41-36)28-17-10-18-30(21-28)35-37-31(26-13-6-2-7-14-26)23-32(38-35)27-15-8-3-9-16-27/h1-23H,24H2. The molecule has 0 aliphatic heterocycles. The molecule has 0 amide bonds. The lowest BCUT2D eigenvalue weighted by Crippen LogP contribution is -1.96. The quantitative estimate of drug-likeness (QED) is 0.206. The molecule has 2 heterocycles. The summed E-state index contributed by atoms with van der Waals surface area (Å²) in [6, 6.07) is 46.7. The zero-order valence-corrected chi connectivity index (χ0v) is 22.1. The van der Waals surface area contributed by atoms with Crippen molar-refractivity contribution in [2.45, 2.75) is 6.61 Å². The summed E-state index contributed by atoms with van der Waals surface area (Å²) >= 11 is 0. The fraction of sp³-hybridized carbons (Fsp3) is 0.0278. The molecular weight excluding hydrogens is 506 g/mol. The van der Waals surface area contributed by atoms with Crippen molar-refractivity contribution in [3.63, 3.8) is 0 Å². The van der Waals surface area contributed by atoms with Gasteiger partial charge in [0.15, 0.2) is 11.4 Å². The molecule has 0 bridgehead atoms. The van der Waals surface area contributed by atoms with Crippen LogP contribution in [-0.2, 0) is 6.61 Å². The molecule has 0 fully saturated rings. The summed E-state index contributed by atoms with van der Waals surface area (Å²) in [5, 5.41) is 0. The van der Waals surface area contributed by atoms with E-state index in [2.05, 4.69) is 41.4 Å². The summed E-state index contributed by atoms with van der Waals surface area (Å²) in [7, 11) is 0. The van der Waals surface area contributed by atoms with Crippen LogP contribution in [0.2, 0.25) is 0 Å². The molecule has 5 nitrogen and oxygen atoms in total. The Kier molecular flexibility index (Phi) is 6.51. The molecule has 0 aliphatic rings. The normalized spacial score (nSPS) is 11.0. The van der Waals surface area contributed by atoms with Crippen molar-refractivity contribution in [1.82, 2.24) is 15.0 Å². The van der Waals surface area contributed by atoms with Gasteiger partial charge in [0.2, 0.25) is 0 Å². The number of hydrogen-bond acceptors (Lipinski definition) is 5. The maximum Gasteiger partial charge on any atom is 0.394 e. The Morgan fingerprint density at radius 3 is 1.76 bits per heavy atom. The number of aromatic nitrogens is 3. The number of rotatable bonds is 7. The third kappa shape index (κ3) is 5.34. The molecule has 0 atom stereocenters. The second-order valence-electron chi connectivity index (χ2n) is 9.71. The summed E-state index contributed by atoms with van der Waals surface area (Å²) in [5.74, 6) is 0.672. The summed E-state index contributed by atoms with van der Waals surface area (Å²) in [5.41, 5.74) is 9.32. The lowest BCUT2D eigenvalue weighted by atomic mass is 10.0. The highest BCUT2D eigenvalue weighted by Crippen LogP contribution is 2.31. The Labute approximate surface area is 237 Å². The van der Waals surface area contributed by atoms with E-state index in [-0.39, 0.29) is 6.08 Å². The summed E-state index contributed by atoms with van der Waals surface area (Å²) in [6.45, 7) is 0.398. The number of hydrogen-bond donors (Lipinski definition) is 0. The van der Waals surface area contributed by atoms with Gasteiger partial charge in [-0.05, 0) is 41.0 Å². The topological polar surface area (TPSA) is 61.0 Å². The van der Waals surface area contributed by atoms with Crippen LogP contribution in [0.15, 0.2) is 144 Å². The van der Waals surface area contributed by atoms with Crippen LogP contribution in [0.1, 0.15) is 5.56 Å². The molecule has 0 unspecified atom stereocenters. The Morgan fingerprint density at radius 2 is 1.07 bits per heavy atom. The van der Waals surface area contributed by atoms with E-state index in [4.69, 9.17) is 19.1 Å². The minimum Gasteiger partial charge on any atom is -0.445 e. The Bertz CT molecular complexity index is 1880. The number of ether oxygens (including phenoxy) is 1. The molecule has 7 aromatic rings. The highest BCUT2D eigenvalue weighted by Gasteiger charge is 2.13. The molecule has 7 rings (SSSR count). The van der Waals surface area contributed by atoms with Gasteiger partial charge in [0.25, 0.3) is 0 Å². The molecule has 2 aromatic heterocycles. The maximum absolute atomic E-state index is 5.83. The van der Waals surface area contributed by atoms with E-state index in [0.29, 0.717) is 18.0 Å². The van der Waals surface area contributed by atoms with Crippen molar-refractivity contribution in [3.05, 3.63) is 145 Å². The molecule has 196 valence electrons. The molecule has 41 heavy (non-hydrogen) atoms. The molecule has 0 spiro atoms. The molecule has 5 heteroatoms. The van der Waals surface area contributed by atoms with E-state index in [9.17, 15) is 0 Å². The first-order valence-corrected chi connectivity index (χ1v) is 13.5. The third-order valence-corrected chi connectivity index (χ3v) is 6.89. The van der Waals surface area contributed by atoms with Crippen molar-refractivity contribution >= 4 is 11.1 Å². The minimum atomic E-state index is 0.259. The average Bonchev–Trinajstić information content (AvgIpc) is 3.47. The Balaban J connectivity index is 1.23. The molecule has 0 saturated carbocycles. The summed E-state index contributed by atoms with van der Waals surface area (Å²) in [4.78, 5) is 14.5. The zero-order valence-electron chi connectivity index (χ0n) is 22.1. The van der Waals surface area contributed by atoms with E-state index in [1.807, 2.05) is 103 Å². The van der Waals surface area contributed by atoms with Crippen LogP contribution >= 0.6 is 0 Å². The van der Waals surface area contributed by atoms with Crippen LogP contribution < -0.4 is 4.74 Å². The summed E-state index contributed by atoms with van der Waals surface area (Å²) < 4.78 is 11.6. The van der Waals surface area contributed by atoms with Crippen LogP contribution in [0.5, 0.6) is 6.08 Å². The second-order valence-corrected chi connectivity index (χ2v) is 9.71. The van der Waals surface area contributed by atoms with Gasteiger partial charge in [0.1, 0.15) is 12.1 Å². The van der Waals surface area contributed by atoms with E-state index < -0.39 is 0 Å². The van der Waals surface area contributed by atoms with Gasteiger partial charge in [-0.1, -0.05) is 115 Å². The SMILES string of the molecule is c1ccc(COc2nc3cc(-c4cccc(-c5nc(-c6ccccc6)cc(-c6ccccc6)n5)c4)ccc3o2)cc1. The molecule has 0 saturated heterocycles. The van der Waals surface area contributed by atoms with Gasteiger partial charge in [0, 0.05) is 16.7 Å². The highest BCUT2D eigenvalue weighted by atomic mass is 16.6. The molecule has 0 radical (unpaired) electrons. The van der Waals surface area contributed by atoms with Crippen molar-refractivity contribution in [1.29, 1.82) is 0 Å². The molecule has 0 aliphatic carbocycles. The van der Waals surface area contributed by atoms with Crippen molar-refractivity contribution in [3.8, 4) is 51.1 Å². The number of fused-ring (bicyclic) bond motifs is 1. The number of nitrogens with zero attached hydrogens (tertiary/aromatic N) is 3. The first kappa shape index (κ1) is 24.5. The number of oxazole rings is 1. The fourth-order valence-electron chi connectivity index (χ4n) is 4.79. The van der Waals surface area contributed by atoms with Crippen LogP contribution in [0, 0.1) is 0 Å². The average molecular weight is 532 g/mol. The van der Waals surface area contributed by atoms with Crippen LogP contribution in [-0.4, -0.2) is 15.0 Å². The second kappa shape index (κ2) is 10.9. The van der Waals surface area contributed by atoms with Crippen molar-refractivity contribution in [2.75, 3.05) is 0 Å². The van der Waals surface area contributed by atoms with Crippen LogP contribution in [0.25, 0.3) is 56.1 Å². The predicted molar refractivity (Wildman–Crippen MR) is 162 cm³/mol. The minimum absolute atomic E-state index is 0.259. The predicted octanol–water partition coefficient (Wildman–Crippen LogP) is 8.86. The highest BCUT2D eigenvalue weighted by molar-refractivity contribution is 5.82. The summed E-state index contributed by atoms with van der Waals surface area (Å²) in [6.07, 6.45) is 0.259. The smallest absolute Gasteiger partial charge is 0.394 e. The molecule has 0 N–H and O–H groups in total. The van der Waals surface area contributed by atoms with Gasteiger partial charge in [0.05, 0.1) is 11.4 Å². The van der Waals surface area contributed by atoms with E-state index in [0.717, 1.165) is 50.3 Å². The van der Waals surface area contributed by atoms with E-state index >= 15 is 0 Å². The van der Waals surface area contributed by atoms with Gasteiger partial charge < -0.3 is 9.15 Å². The van der Waals surface area contributed by atoms with Gasteiger partial charge in [-0.3, -0.25) is 0 Å². The van der Waals surface area contributed by atoms with Crippen LogP contribution in [0.3, 0.4) is 0 Å². The first-order chi connectivity index (χ1) is 20.3. The number of benzene rings is 5. The zero-order chi connectivity index (χ0) is 27.4. The lowest BCUT2D eigenvalue weighted by molar-refractivity contribution is 0.226. The maximum atomic E-state index is 5.83. The van der Waals surface area contributed by atoms with E-state index in [1.165, 1.54) is 0 Å². The molecule has 5 aromatic carbocycles. The van der Waals surface area contributed by atoms with Crippen molar-refractivity contribution < 1.29 is 9.15 Å². The largest absolute Gasteiger partial charge is 0.445 e. The van der Waals surface area contributed by atoms with Gasteiger partial charge in [-0.15, -0.1) is 0 Å². The lowest BCUT2D eigenvalue weighted by Gasteiger charge is -2.10. The van der Waals surface area contributed by atoms with Crippen molar-refractivity contribution in [2.24, 2.45) is 0 Å². The van der Waals surface area contributed by atoms with Gasteiger partial charge in [-0.2, -0.15) is 4.98 Å². The third-order valence-electron chi connectivity index (χ3n) is 6.89. The Hall–Kier alpha value is -5.55. The molecular formula is C36H25N3O2. The van der Waals surface area contributed by atoms with E-state index in [1.54, 1.807) is 0 Å². The van der Waals surface area contributed by atoms with Gasteiger partial charge in [-0.25, -0.2) is 9.97 Å². The van der Waals surface area contributed by atoms with Gasteiger partial charge >= 0.3 is 6.08 Å². The Morgan fingerprint density at radius 1 is 0.488 bits per heavy atom.